The van der Waals surface area contributed by atoms with Crippen LogP contribution in [0.25, 0.3) is 38.6 Å². The number of fused-ring (bicyclic) bond motifs is 2. The van der Waals surface area contributed by atoms with E-state index < -0.39 is 12.0 Å². The van der Waals surface area contributed by atoms with E-state index in [2.05, 4.69) is 20.3 Å². The number of anilines is 1. The van der Waals surface area contributed by atoms with Crippen LogP contribution in [0.15, 0.2) is 101 Å². The zero-order valence-corrected chi connectivity index (χ0v) is 22.4. The Labute approximate surface area is 237 Å². The van der Waals surface area contributed by atoms with Crippen molar-refractivity contribution >= 4 is 45.2 Å². The molecule has 0 saturated carbocycles. The van der Waals surface area contributed by atoms with Gasteiger partial charge in [-0.1, -0.05) is 60.1 Å². The van der Waals surface area contributed by atoms with Crippen LogP contribution in [0.5, 0.6) is 0 Å². The number of benzene rings is 3. The van der Waals surface area contributed by atoms with Gasteiger partial charge in [-0.05, 0) is 42.3 Å². The molecule has 0 aliphatic heterocycles. The Bertz CT molecular complexity index is 2070. The molecule has 10 heteroatoms. The molecule has 0 aliphatic carbocycles. The Morgan fingerprint density at radius 3 is 2.44 bits per heavy atom. The van der Waals surface area contributed by atoms with Crippen molar-refractivity contribution in [3.05, 3.63) is 128 Å². The predicted molar refractivity (Wildman–Crippen MR) is 159 cm³/mol. The smallest absolute Gasteiger partial charge is 0.335 e. The number of aromatic carboxylic acids is 1. The molecule has 0 bridgehead atoms. The summed E-state index contributed by atoms with van der Waals surface area (Å²) >= 11 is 7.13. The van der Waals surface area contributed by atoms with Gasteiger partial charge in [-0.15, -0.1) is 0 Å². The first-order chi connectivity index (χ1) is 19.8. The maximum Gasteiger partial charge on any atom is 0.335 e. The number of carboxylic acid groups (broad SMARTS) is 1. The molecule has 3 heterocycles. The maximum atomic E-state index is 14.4. The number of hydrogen-bond acceptors (Lipinski definition) is 6. The van der Waals surface area contributed by atoms with Crippen molar-refractivity contribution < 1.29 is 9.90 Å². The minimum absolute atomic E-state index is 0.145. The fraction of sp³-hybridized carbons (Fsp3) is 0.0645. The van der Waals surface area contributed by atoms with Gasteiger partial charge in [0.2, 0.25) is 0 Å². The summed E-state index contributed by atoms with van der Waals surface area (Å²) in [5, 5.41) is 14.2. The summed E-state index contributed by atoms with van der Waals surface area (Å²) in [5.41, 5.74) is 2.35. The molecule has 6 aromatic rings. The Morgan fingerprint density at radius 2 is 1.71 bits per heavy atom. The largest absolute Gasteiger partial charge is 0.478 e. The lowest BCUT2D eigenvalue weighted by atomic mass is 9.97. The summed E-state index contributed by atoms with van der Waals surface area (Å²) in [6.07, 6.45) is 2.87. The average Bonchev–Trinajstić information content (AvgIpc) is 2.99. The van der Waals surface area contributed by atoms with Crippen LogP contribution in [-0.4, -0.2) is 30.6 Å². The van der Waals surface area contributed by atoms with Crippen LogP contribution in [0.4, 0.5) is 5.82 Å². The van der Waals surface area contributed by atoms with E-state index in [4.69, 9.17) is 11.6 Å². The number of carboxylic acids is 1. The van der Waals surface area contributed by atoms with E-state index in [0.29, 0.717) is 55.2 Å². The van der Waals surface area contributed by atoms with Gasteiger partial charge in [0, 0.05) is 23.3 Å². The molecule has 0 radical (unpaired) electrons. The second-order valence-electron chi connectivity index (χ2n) is 9.44. The highest BCUT2D eigenvalue weighted by Crippen LogP contribution is 2.36. The fourth-order valence-corrected chi connectivity index (χ4v) is 5.47. The maximum absolute atomic E-state index is 14.4. The normalized spacial score (nSPS) is 12.0. The molecule has 0 amide bonds. The van der Waals surface area contributed by atoms with Crippen molar-refractivity contribution in [3.63, 3.8) is 0 Å². The van der Waals surface area contributed by atoms with Crippen LogP contribution in [-0.2, 0) is 0 Å². The highest BCUT2D eigenvalue weighted by Gasteiger charge is 2.24. The third-order valence-electron chi connectivity index (χ3n) is 6.95. The quantitative estimate of drug-likeness (QED) is 0.233. The number of nitrogens with one attached hydrogen (secondary N) is 2. The third kappa shape index (κ3) is 4.52. The van der Waals surface area contributed by atoms with Gasteiger partial charge in [0.05, 0.1) is 27.7 Å². The molecule has 0 saturated heterocycles. The van der Waals surface area contributed by atoms with E-state index in [1.807, 2.05) is 43.3 Å². The van der Waals surface area contributed by atoms with Gasteiger partial charge in [0.1, 0.15) is 23.2 Å². The number of carbonyl (C=O) groups is 1. The lowest BCUT2D eigenvalue weighted by Gasteiger charge is -2.24. The molecule has 0 unspecified atom stereocenters. The SMILES string of the molecule is C[C@H](Nc1ncnc2[nH]ccc(=O)c12)c1c(Cl)c2cccc(-c3ccc(C(=O)O)cc3)c2c(=O)n1-c1ccccc1. The summed E-state index contributed by atoms with van der Waals surface area (Å²) in [5.74, 6) is -0.728. The fourth-order valence-electron chi connectivity index (χ4n) is 5.06. The number of nitrogens with zero attached hydrogens (tertiary/aromatic N) is 3. The standard InChI is InChI=1S/C31H22ClN5O4/c1-17(36-29-25-23(38)14-15-33-28(25)34-16-35-29)27-26(32)22-9-5-8-21(18-10-12-19(13-11-18)31(40)41)24(22)30(39)37(27)20-6-3-2-4-7-20/h2-17H,1H3,(H,40,41)(H2,33,34,35,36,38)/t17-/m0/s1. The molecule has 3 N–H and O–H groups in total. The van der Waals surface area contributed by atoms with Gasteiger partial charge in [0.15, 0.2) is 5.43 Å². The van der Waals surface area contributed by atoms with Gasteiger partial charge < -0.3 is 15.4 Å². The van der Waals surface area contributed by atoms with Crippen LogP contribution < -0.4 is 16.3 Å². The number of pyridine rings is 2. The zero-order chi connectivity index (χ0) is 28.7. The minimum atomic E-state index is -1.03. The molecule has 0 spiro atoms. The van der Waals surface area contributed by atoms with E-state index >= 15 is 0 Å². The van der Waals surface area contributed by atoms with Crippen LogP contribution in [0.3, 0.4) is 0 Å². The number of H-pyrrole nitrogens is 1. The van der Waals surface area contributed by atoms with Crippen molar-refractivity contribution in [2.45, 2.75) is 13.0 Å². The Hall–Kier alpha value is -5.28. The second kappa shape index (κ2) is 10.4. The van der Waals surface area contributed by atoms with Crippen molar-refractivity contribution in [2.75, 3.05) is 5.32 Å². The summed E-state index contributed by atoms with van der Waals surface area (Å²) in [6, 6.07) is 21.7. The highest BCUT2D eigenvalue weighted by atomic mass is 35.5. The second-order valence-corrected chi connectivity index (χ2v) is 9.82. The number of aromatic nitrogens is 4. The Kier molecular flexibility index (Phi) is 6.56. The number of aromatic amines is 1. The van der Waals surface area contributed by atoms with E-state index in [-0.39, 0.29) is 16.6 Å². The first-order valence-corrected chi connectivity index (χ1v) is 13.1. The molecular weight excluding hydrogens is 542 g/mol. The lowest BCUT2D eigenvalue weighted by Crippen LogP contribution is -2.27. The third-order valence-corrected chi connectivity index (χ3v) is 7.35. The molecule has 1 atom stereocenters. The summed E-state index contributed by atoms with van der Waals surface area (Å²) in [4.78, 5) is 49.9. The topological polar surface area (TPSA) is 130 Å². The van der Waals surface area contributed by atoms with Crippen molar-refractivity contribution in [1.29, 1.82) is 0 Å². The summed E-state index contributed by atoms with van der Waals surface area (Å²) < 4.78 is 1.56. The van der Waals surface area contributed by atoms with Crippen molar-refractivity contribution in [3.8, 4) is 16.8 Å². The summed E-state index contributed by atoms with van der Waals surface area (Å²) in [7, 11) is 0. The molecule has 9 nitrogen and oxygen atoms in total. The van der Waals surface area contributed by atoms with Crippen LogP contribution in [0.2, 0.25) is 5.02 Å². The highest BCUT2D eigenvalue weighted by molar-refractivity contribution is 6.36. The van der Waals surface area contributed by atoms with E-state index in [1.54, 1.807) is 28.8 Å². The molecule has 202 valence electrons. The van der Waals surface area contributed by atoms with E-state index in [0.717, 1.165) is 0 Å². The number of para-hydroxylation sites is 1. The first kappa shape index (κ1) is 26.0. The van der Waals surface area contributed by atoms with Crippen LogP contribution in [0, 0.1) is 0 Å². The monoisotopic (exact) mass is 563 g/mol. The molecule has 6 rings (SSSR count). The number of hydrogen-bond donors (Lipinski definition) is 3. The predicted octanol–water partition coefficient (Wildman–Crippen LogP) is 5.81. The molecule has 3 aromatic carbocycles. The minimum Gasteiger partial charge on any atom is -0.478 e. The molecule has 41 heavy (non-hydrogen) atoms. The Morgan fingerprint density at radius 1 is 0.951 bits per heavy atom. The molecule has 3 aromatic heterocycles. The van der Waals surface area contributed by atoms with Gasteiger partial charge in [-0.3, -0.25) is 14.2 Å². The van der Waals surface area contributed by atoms with Gasteiger partial charge >= 0.3 is 5.97 Å². The Balaban J connectivity index is 1.60. The zero-order valence-electron chi connectivity index (χ0n) is 21.6. The summed E-state index contributed by atoms with van der Waals surface area (Å²) in [6.45, 7) is 1.84. The van der Waals surface area contributed by atoms with Crippen LogP contribution in [0.1, 0.15) is 29.0 Å². The van der Waals surface area contributed by atoms with E-state index in [9.17, 15) is 19.5 Å². The van der Waals surface area contributed by atoms with Crippen molar-refractivity contribution in [1.82, 2.24) is 19.5 Å². The van der Waals surface area contributed by atoms with E-state index in [1.165, 1.54) is 30.7 Å². The van der Waals surface area contributed by atoms with Gasteiger partial charge in [0.25, 0.3) is 5.56 Å². The number of rotatable bonds is 6. The van der Waals surface area contributed by atoms with Crippen molar-refractivity contribution in [2.24, 2.45) is 0 Å². The van der Waals surface area contributed by atoms with Crippen LogP contribution >= 0.6 is 11.6 Å². The number of halogens is 1. The van der Waals surface area contributed by atoms with Gasteiger partial charge in [-0.25, -0.2) is 14.8 Å². The lowest BCUT2D eigenvalue weighted by molar-refractivity contribution is 0.0697. The first-order valence-electron chi connectivity index (χ1n) is 12.7. The molecule has 0 aliphatic rings. The molecular formula is C31H22ClN5O4. The average molecular weight is 564 g/mol. The molecule has 0 fully saturated rings. The van der Waals surface area contributed by atoms with Gasteiger partial charge in [-0.2, -0.15) is 0 Å².